The lowest BCUT2D eigenvalue weighted by atomic mass is 9.83. The molecule has 0 aromatic heterocycles. The monoisotopic (exact) mass is 661 g/mol. The second-order valence-electron chi connectivity index (χ2n) is 15.4. The Kier molecular flexibility index (Phi) is 10.2. The van der Waals surface area contributed by atoms with Gasteiger partial charge in [-0.1, -0.05) is 72.8 Å². The molecule has 0 radical (unpaired) electrons. The van der Waals surface area contributed by atoms with Gasteiger partial charge in [0.25, 0.3) is 11.8 Å². The Morgan fingerprint density at radius 2 is 1.67 bits per heavy atom. The van der Waals surface area contributed by atoms with E-state index in [1.165, 1.54) is 11.0 Å². The van der Waals surface area contributed by atoms with Gasteiger partial charge in [-0.2, -0.15) is 0 Å². The van der Waals surface area contributed by atoms with Crippen molar-refractivity contribution < 1.29 is 32.4 Å². The summed E-state index contributed by atoms with van der Waals surface area (Å²) in [6.45, 7) is 13.3. The fourth-order valence-electron chi connectivity index (χ4n) is 7.10. The fraction of sp³-hybridized carbons (Fsp3) is 0.727. The molecule has 0 aromatic carbocycles. The van der Waals surface area contributed by atoms with Gasteiger partial charge < -0.3 is 26.2 Å². The Balaban J connectivity index is 1.56. The van der Waals surface area contributed by atoms with Crippen molar-refractivity contribution in [2.45, 2.75) is 104 Å². The molecular weight excluding hydrogens is 610 g/mol. The first-order chi connectivity index (χ1) is 21.3. The molecule has 0 saturated heterocycles. The first kappa shape index (κ1) is 35.6. The average Bonchev–Trinajstić information content (AvgIpc) is 3.79. The number of Topliss-reactive ketones (excluding diaryl/α,β-unsaturated/α-hetero) is 1. The van der Waals surface area contributed by atoms with Gasteiger partial charge in [0.1, 0.15) is 21.6 Å². The minimum Gasteiger partial charge on any atom is -0.346 e. The number of sulfone groups is 1. The normalized spacial score (nSPS) is 23.0. The Labute approximate surface area is 272 Å². The number of ketones is 1. The molecule has 2 unspecified atom stereocenters. The average molecular weight is 662 g/mol. The molecule has 3 atom stereocenters. The molecule has 12 nitrogen and oxygen atoms in total. The maximum absolute atomic E-state index is 14.3. The first-order valence-electron chi connectivity index (χ1n) is 16.4. The second-order valence-corrected chi connectivity index (χ2v) is 17.5. The predicted octanol–water partition coefficient (Wildman–Crippen LogP) is 2.36. The van der Waals surface area contributed by atoms with Crippen LogP contribution < -0.4 is 21.3 Å². The molecule has 46 heavy (non-hydrogen) atoms. The zero-order valence-electron chi connectivity index (χ0n) is 28.1. The summed E-state index contributed by atoms with van der Waals surface area (Å²) in [5.74, 6) is -2.63. The maximum Gasteiger partial charge on any atom is 0.315 e. The molecule has 13 heteroatoms. The number of urea groups is 1. The van der Waals surface area contributed by atoms with E-state index in [0.29, 0.717) is 19.3 Å². The zero-order valence-corrected chi connectivity index (χ0v) is 28.9. The molecule has 5 amide bonds. The first-order valence-corrected chi connectivity index (χ1v) is 18.4. The Bertz CT molecular complexity index is 1420. The lowest BCUT2D eigenvalue weighted by Gasteiger charge is -2.39. The minimum absolute atomic E-state index is 0.0552. The third-order valence-corrected chi connectivity index (χ3v) is 10.9. The topological polar surface area (TPSA) is 171 Å². The van der Waals surface area contributed by atoms with Gasteiger partial charge in [-0.05, 0) is 41.6 Å². The van der Waals surface area contributed by atoms with Crippen LogP contribution in [0.15, 0.2) is 23.9 Å². The van der Waals surface area contributed by atoms with Gasteiger partial charge in [0.2, 0.25) is 11.7 Å². The molecule has 3 fully saturated rings. The number of hydrogen-bond donors (Lipinski definition) is 4. The largest absolute Gasteiger partial charge is 0.346 e. The van der Waals surface area contributed by atoms with Crippen molar-refractivity contribution in [3.8, 4) is 0 Å². The number of amides is 5. The van der Waals surface area contributed by atoms with Crippen LogP contribution in [-0.4, -0.2) is 85.6 Å². The molecule has 4 rings (SSSR count). The molecule has 0 aromatic rings. The summed E-state index contributed by atoms with van der Waals surface area (Å²) in [6.07, 6.45) is 8.34. The van der Waals surface area contributed by atoms with Crippen LogP contribution in [0, 0.1) is 22.7 Å². The van der Waals surface area contributed by atoms with Gasteiger partial charge in [0.05, 0.1) is 17.3 Å². The van der Waals surface area contributed by atoms with E-state index >= 15 is 0 Å². The van der Waals surface area contributed by atoms with Crippen LogP contribution in [0.2, 0.25) is 0 Å². The summed E-state index contributed by atoms with van der Waals surface area (Å²) in [5, 5.41) is 11.0. The van der Waals surface area contributed by atoms with Crippen LogP contribution in [0.5, 0.6) is 0 Å². The number of rotatable bonds is 13. The van der Waals surface area contributed by atoms with Crippen LogP contribution in [0.25, 0.3) is 0 Å². The molecule has 1 heterocycles. The summed E-state index contributed by atoms with van der Waals surface area (Å²) in [4.78, 5) is 68.7. The minimum atomic E-state index is -3.40. The molecule has 0 spiro atoms. The molecule has 4 aliphatic rings. The number of hydrogen-bond acceptors (Lipinski definition) is 7. The molecular formula is C33H51N5O7S. The lowest BCUT2D eigenvalue weighted by Crippen LogP contribution is -2.62. The van der Waals surface area contributed by atoms with E-state index in [-0.39, 0.29) is 41.8 Å². The fourth-order valence-corrected chi connectivity index (χ4v) is 8.46. The Morgan fingerprint density at radius 1 is 1.04 bits per heavy atom. The van der Waals surface area contributed by atoms with E-state index in [0.717, 1.165) is 43.9 Å². The van der Waals surface area contributed by atoms with Crippen LogP contribution in [0.4, 0.5) is 4.79 Å². The van der Waals surface area contributed by atoms with E-state index in [1.54, 1.807) is 0 Å². The van der Waals surface area contributed by atoms with Crippen molar-refractivity contribution in [2.24, 2.45) is 22.7 Å². The van der Waals surface area contributed by atoms with E-state index in [4.69, 9.17) is 0 Å². The van der Waals surface area contributed by atoms with E-state index < -0.39 is 62.4 Å². The number of carbonyl (C=O) groups excluding carboxylic acids is 5. The van der Waals surface area contributed by atoms with Gasteiger partial charge in [0.15, 0.2) is 0 Å². The van der Waals surface area contributed by atoms with Crippen molar-refractivity contribution in [1.29, 1.82) is 0 Å². The zero-order chi connectivity index (χ0) is 34.2. The maximum atomic E-state index is 14.3. The van der Waals surface area contributed by atoms with E-state index in [2.05, 4.69) is 27.8 Å². The highest BCUT2D eigenvalue weighted by atomic mass is 32.2. The highest BCUT2D eigenvalue weighted by molar-refractivity contribution is 7.90. The standard InChI is InChI=1S/C33H51N5O7S/c1-8-16-34-28(41)25(39)22(17-20-12-13-20)35-27(40)24-23-21(32(23,5)6)18-38(24)29(42)26(31(2,3)4)36-30(43)37-33(19-46(7,44)45)14-10-9-11-15-33/h8,20-22,26H,1,9-19H2,2-7H3,(H,34,41)(H,35,40)(H2,36,37,43)/t21?,22?,26-/m1/s1. The number of fused-ring (bicyclic) bond motifs is 1. The highest BCUT2D eigenvalue weighted by Crippen LogP contribution is 2.63. The number of carbonyl (C=O) groups is 5. The lowest BCUT2D eigenvalue weighted by molar-refractivity contribution is -0.140. The molecule has 3 saturated carbocycles. The van der Waals surface area contributed by atoms with Crippen molar-refractivity contribution in [3.05, 3.63) is 23.9 Å². The third-order valence-electron chi connectivity index (χ3n) is 9.84. The highest BCUT2D eigenvalue weighted by Gasteiger charge is 2.62. The SMILES string of the molecule is C=CCNC(=O)C(=O)C(CC1CC1)NC(=O)C1=C2C(CN1C(=O)[C@@H](NC(=O)NC1(CS(C)(=O)=O)CCCCC1)C(C)(C)C)C2(C)C. The van der Waals surface area contributed by atoms with Crippen molar-refractivity contribution in [1.82, 2.24) is 26.2 Å². The molecule has 4 N–H and O–H groups in total. The molecule has 1 aliphatic heterocycles. The van der Waals surface area contributed by atoms with Crippen LogP contribution >= 0.6 is 0 Å². The number of nitrogens with one attached hydrogen (secondary N) is 4. The third kappa shape index (κ3) is 8.19. The molecule has 3 aliphatic carbocycles. The van der Waals surface area contributed by atoms with Gasteiger partial charge in [0, 0.05) is 25.3 Å². The second kappa shape index (κ2) is 13.1. The van der Waals surface area contributed by atoms with Gasteiger partial charge in [-0.25, -0.2) is 13.2 Å². The van der Waals surface area contributed by atoms with E-state index in [9.17, 15) is 32.4 Å². The quantitative estimate of drug-likeness (QED) is 0.173. The summed E-state index contributed by atoms with van der Waals surface area (Å²) in [5.41, 5.74) is -1.04. The summed E-state index contributed by atoms with van der Waals surface area (Å²) < 4.78 is 24.6. The summed E-state index contributed by atoms with van der Waals surface area (Å²) >= 11 is 0. The predicted molar refractivity (Wildman–Crippen MR) is 174 cm³/mol. The van der Waals surface area contributed by atoms with Crippen molar-refractivity contribution in [3.63, 3.8) is 0 Å². The van der Waals surface area contributed by atoms with Crippen LogP contribution in [0.1, 0.15) is 86.0 Å². The van der Waals surface area contributed by atoms with Crippen molar-refractivity contribution in [2.75, 3.05) is 25.1 Å². The van der Waals surface area contributed by atoms with Crippen LogP contribution in [-0.2, 0) is 29.0 Å². The molecule has 256 valence electrons. The smallest absolute Gasteiger partial charge is 0.315 e. The summed E-state index contributed by atoms with van der Waals surface area (Å²) in [7, 11) is -3.40. The van der Waals surface area contributed by atoms with E-state index in [1.807, 2.05) is 34.6 Å². The number of nitrogens with zero attached hydrogens (tertiary/aromatic N) is 1. The van der Waals surface area contributed by atoms with Gasteiger partial charge in [-0.15, -0.1) is 6.58 Å². The van der Waals surface area contributed by atoms with Gasteiger partial charge >= 0.3 is 6.03 Å². The Hall–Kier alpha value is -3.22. The van der Waals surface area contributed by atoms with Crippen molar-refractivity contribution >= 4 is 39.4 Å². The molecule has 0 bridgehead atoms. The van der Waals surface area contributed by atoms with Gasteiger partial charge in [-0.3, -0.25) is 19.2 Å². The Morgan fingerprint density at radius 3 is 2.22 bits per heavy atom. The summed E-state index contributed by atoms with van der Waals surface area (Å²) in [6, 6.07) is -2.73. The van der Waals surface area contributed by atoms with Crippen LogP contribution in [0.3, 0.4) is 0 Å².